The number of carbonyl (C=O) groups excluding carboxylic acids is 2. The van der Waals surface area contributed by atoms with Crippen LogP contribution in [-0.4, -0.2) is 43.9 Å². The van der Waals surface area contributed by atoms with Gasteiger partial charge in [0.1, 0.15) is 0 Å². The minimum absolute atomic E-state index is 0.160. The van der Waals surface area contributed by atoms with Gasteiger partial charge in [-0.2, -0.15) is 0 Å². The summed E-state index contributed by atoms with van der Waals surface area (Å²) in [4.78, 5) is 25.4. The molecule has 7 nitrogen and oxygen atoms in total. The number of sulfonamides is 1. The highest BCUT2D eigenvalue weighted by atomic mass is 32.2. The molecule has 0 saturated carbocycles. The zero-order valence-electron chi connectivity index (χ0n) is 16.3. The van der Waals surface area contributed by atoms with Gasteiger partial charge in [-0.15, -0.1) is 0 Å². The fourth-order valence-electron chi connectivity index (χ4n) is 3.36. The lowest BCUT2D eigenvalue weighted by Crippen LogP contribution is -2.43. The molecule has 0 aromatic heterocycles. The highest BCUT2D eigenvalue weighted by molar-refractivity contribution is 7.88. The van der Waals surface area contributed by atoms with E-state index in [4.69, 9.17) is 0 Å². The molecule has 1 saturated heterocycles. The van der Waals surface area contributed by atoms with Gasteiger partial charge in [0.05, 0.1) is 23.4 Å². The van der Waals surface area contributed by atoms with Gasteiger partial charge in [0.15, 0.2) is 0 Å². The van der Waals surface area contributed by atoms with E-state index in [0.29, 0.717) is 37.2 Å². The summed E-state index contributed by atoms with van der Waals surface area (Å²) in [5.41, 5.74) is 1.76. The fourth-order valence-corrected chi connectivity index (χ4v) is 4.27. The zero-order valence-corrected chi connectivity index (χ0v) is 17.1. The van der Waals surface area contributed by atoms with Crippen LogP contribution >= 0.6 is 0 Å². The maximum atomic E-state index is 12.7. The Morgan fingerprint density at radius 1 is 1.07 bits per heavy atom. The van der Waals surface area contributed by atoms with Gasteiger partial charge in [0.2, 0.25) is 15.9 Å². The molecule has 1 aliphatic heterocycles. The monoisotopic (exact) mass is 415 g/mol. The lowest BCUT2D eigenvalue weighted by atomic mass is 9.98. The Kier molecular flexibility index (Phi) is 6.66. The van der Waals surface area contributed by atoms with Crippen molar-refractivity contribution < 1.29 is 18.0 Å². The molecule has 2 aromatic carbocycles. The molecule has 2 aromatic rings. The van der Waals surface area contributed by atoms with Gasteiger partial charge >= 0.3 is 0 Å². The smallest absolute Gasteiger partial charge is 0.253 e. The van der Waals surface area contributed by atoms with E-state index in [1.54, 1.807) is 24.3 Å². The summed E-state index contributed by atoms with van der Waals surface area (Å²) in [6, 6.07) is 16.4. The second-order valence-corrected chi connectivity index (χ2v) is 9.15. The standard InChI is InChI=1S/C21H25N3O4S/c1-29(27,28)24-13-7-10-17(15-24)20(25)23-19-12-6-5-11-18(19)21(26)22-14-16-8-3-2-4-9-16/h2-6,8-9,11-12,17H,7,10,13-15H2,1H3,(H,22,26)(H,23,25)/t17-/m0/s1. The van der Waals surface area contributed by atoms with E-state index in [1.807, 2.05) is 30.3 Å². The number of para-hydroxylation sites is 1. The minimum Gasteiger partial charge on any atom is -0.348 e. The van der Waals surface area contributed by atoms with E-state index in [1.165, 1.54) is 4.31 Å². The molecule has 0 unspecified atom stereocenters. The van der Waals surface area contributed by atoms with Crippen LogP contribution in [0.3, 0.4) is 0 Å². The van der Waals surface area contributed by atoms with Crippen molar-refractivity contribution in [3.8, 4) is 0 Å². The van der Waals surface area contributed by atoms with Crippen molar-refractivity contribution in [2.24, 2.45) is 5.92 Å². The molecule has 0 bridgehead atoms. The largest absolute Gasteiger partial charge is 0.348 e. The molecule has 0 aliphatic carbocycles. The quantitative estimate of drug-likeness (QED) is 0.756. The van der Waals surface area contributed by atoms with Crippen molar-refractivity contribution in [1.29, 1.82) is 0 Å². The summed E-state index contributed by atoms with van der Waals surface area (Å²) in [5, 5.41) is 5.67. The van der Waals surface area contributed by atoms with Gasteiger partial charge < -0.3 is 10.6 Å². The number of hydrogen-bond donors (Lipinski definition) is 2. The van der Waals surface area contributed by atoms with Gasteiger partial charge in [0, 0.05) is 19.6 Å². The first-order chi connectivity index (χ1) is 13.8. The first-order valence-corrected chi connectivity index (χ1v) is 11.4. The second kappa shape index (κ2) is 9.19. The number of amides is 2. The van der Waals surface area contributed by atoms with Crippen LogP contribution in [0.25, 0.3) is 0 Å². The SMILES string of the molecule is CS(=O)(=O)N1CCC[C@H](C(=O)Nc2ccccc2C(=O)NCc2ccccc2)C1. The molecule has 1 fully saturated rings. The highest BCUT2D eigenvalue weighted by Gasteiger charge is 2.30. The van der Waals surface area contributed by atoms with Crippen LogP contribution < -0.4 is 10.6 Å². The number of hydrogen-bond acceptors (Lipinski definition) is 4. The first-order valence-electron chi connectivity index (χ1n) is 9.52. The van der Waals surface area contributed by atoms with E-state index in [-0.39, 0.29) is 18.4 Å². The van der Waals surface area contributed by atoms with E-state index >= 15 is 0 Å². The van der Waals surface area contributed by atoms with Gasteiger partial charge in [-0.25, -0.2) is 12.7 Å². The number of piperidine rings is 1. The van der Waals surface area contributed by atoms with Crippen LogP contribution in [0, 0.1) is 5.92 Å². The van der Waals surface area contributed by atoms with Crippen molar-refractivity contribution in [3.05, 3.63) is 65.7 Å². The topological polar surface area (TPSA) is 95.6 Å². The summed E-state index contributed by atoms with van der Waals surface area (Å²) in [6.07, 6.45) is 2.39. The van der Waals surface area contributed by atoms with Crippen molar-refractivity contribution in [3.63, 3.8) is 0 Å². The Bertz CT molecular complexity index is 976. The number of anilines is 1. The Morgan fingerprint density at radius 2 is 1.76 bits per heavy atom. The lowest BCUT2D eigenvalue weighted by molar-refractivity contribution is -0.120. The molecule has 1 atom stereocenters. The van der Waals surface area contributed by atoms with Crippen molar-refractivity contribution >= 4 is 27.5 Å². The van der Waals surface area contributed by atoms with Crippen molar-refractivity contribution in [2.45, 2.75) is 19.4 Å². The van der Waals surface area contributed by atoms with Crippen LogP contribution in [0.5, 0.6) is 0 Å². The minimum atomic E-state index is -3.33. The average Bonchev–Trinajstić information content (AvgIpc) is 2.72. The third kappa shape index (κ3) is 5.65. The molecule has 154 valence electrons. The summed E-state index contributed by atoms with van der Waals surface area (Å²) in [6.45, 7) is 0.974. The van der Waals surface area contributed by atoms with Crippen LogP contribution in [0.15, 0.2) is 54.6 Å². The maximum absolute atomic E-state index is 12.7. The van der Waals surface area contributed by atoms with E-state index in [9.17, 15) is 18.0 Å². The molecule has 2 N–H and O–H groups in total. The lowest BCUT2D eigenvalue weighted by Gasteiger charge is -2.30. The molecule has 2 amide bonds. The molecule has 0 radical (unpaired) electrons. The summed E-state index contributed by atoms with van der Waals surface area (Å²) >= 11 is 0. The molecular weight excluding hydrogens is 390 g/mol. The number of nitrogens with one attached hydrogen (secondary N) is 2. The summed E-state index contributed by atoms with van der Waals surface area (Å²) in [5.74, 6) is -1.01. The van der Waals surface area contributed by atoms with Crippen molar-refractivity contribution in [1.82, 2.24) is 9.62 Å². The van der Waals surface area contributed by atoms with E-state index in [0.717, 1.165) is 11.8 Å². The number of benzene rings is 2. The van der Waals surface area contributed by atoms with Gasteiger partial charge in [-0.1, -0.05) is 42.5 Å². The molecule has 3 rings (SSSR count). The van der Waals surface area contributed by atoms with Gasteiger partial charge in [0.25, 0.3) is 5.91 Å². The van der Waals surface area contributed by atoms with E-state index < -0.39 is 15.9 Å². The van der Waals surface area contributed by atoms with E-state index in [2.05, 4.69) is 10.6 Å². The predicted molar refractivity (Wildman–Crippen MR) is 112 cm³/mol. The Labute approximate surface area is 171 Å². The Hall–Kier alpha value is -2.71. The zero-order chi connectivity index (χ0) is 20.9. The maximum Gasteiger partial charge on any atom is 0.253 e. The molecule has 0 spiro atoms. The Morgan fingerprint density at radius 3 is 2.48 bits per heavy atom. The van der Waals surface area contributed by atoms with Crippen LogP contribution in [0.1, 0.15) is 28.8 Å². The molecule has 29 heavy (non-hydrogen) atoms. The normalized spacial score (nSPS) is 17.5. The molecular formula is C21H25N3O4S. The van der Waals surface area contributed by atoms with Crippen LogP contribution in [-0.2, 0) is 21.4 Å². The van der Waals surface area contributed by atoms with Crippen molar-refractivity contribution in [2.75, 3.05) is 24.7 Å². The molecule has 1 aliphatic rings. The predicted octanol–water partition coefficient (Wildman–Crippen LogP) is 2.23. The highest BCUT2D eigenvalue weighted by Crippen LogP contribution is 2.22. The number of nitrogens with zero attached hydrogens (tertiary/aromatic N) is 1. The number of rotatable bonds is 6. The first kappa shape index (κ1) is 21.0. The van der Waals surface area contributed by atoms with Gasteiger partial charge in [-0.05, 0) is 30.5 Å². The number of carbonyl (C=O) groups is 2. The van der Waals surface area contributed by atoms with Crippen LogP contribution in [0.4, 0.5) is 5.69 Å². The summed E-state index contributed by atoms with van der Waals surface area (Å²) < 4.78 is 24.9. The van der Waals surface area contributed by atoms with Gasteiger partial charge in [-0.3, -0.25) is 9.59 Å². The average molecular weight is 416 g/mol. The summed E-state index contributed by atoms with van der Waals surface area (Å²) in [7, 11) is -3.33. The third-order valence-electron chi connectivity index (χ3n) is 4.95. The fraction of sp³-hybridized carbons (Fsp3) is 0.333. The third-order valence-corrected chi connectivity index (χ3v) is 6.22. The molecule has 8 heteroatoms. The Balaban J connectivity index is 1.67. The van der Waals surface area contributed by atoms with Crippen LogP contribution in [0.2, 0.25) is 0 Å². The molecule has 1 heterocycles. The second-order valence-electron chi connectivity index (χ2n) is 7.16.